The summed E-state index contributed by atoms with van der Waals surface area (Å²) in [6.07, 6.45) is 7.50. The van der Waals surface area contributed by atoms with Gasteiger partial charge < -0.3 is 10.5 Å². The van der Waals surface area contributed by atoms with Gasteiger partial charge in [-0.1, -0.05) is 32.6 Å². The highest BCUT2D eigenvalue weighted by Crippen LogP contribution is 2.21. The van der Waals surface area contributed by atoms with E-state index in [0.717, 1.165) is 44.8 Å². The fourth-order valence-corrected chi connectivity index (χ4v) is 2.41. The van der Waals surface area contributed by atoms with Crippen molar-refractivity contribution < 1.29 is 22.1 Å². The molecule has 1 fully saturated rings. The first kappa shape index (κ1) is 18.2. The molecule has 0 unspecified atom stereocenters. The minimum atomic E-state index is -3.22. The lowest BCUT2D eigenvalue weighted by molar-refractivity contribution is 0.155. The van der Waals surface area contributed by atoms with Crippen LogP contribution in [0.5, 0.6) is 0 Å². The molecule has 0 aromatic rings. The van der Waals surface area contributed by atoms with Crippen LogP contribution in [0, 0.1) is 0 Å². The molecule has 0 radical (unpaired) electrons. The summed E-state index contributed by atoms with van der Waals surface area (Å²) in [4.78, 5) is 9.87. The number of ether oxygens (including phenoxy) is 1. The normalized spacial score (nSPS) is 16.3. The third-order valence-electron chi connectivity index (χ3n) is 2.61. The zero-order chi connectivity index (χ0) is 14.7. The molecule has 1 saturated carbocycles. The van der Waals surface area contributed by atoms with Crippen LogP contribution in [0.3, 0.4) is 0 Å². The molecule has 0 aromatic carbocycles. The predicted octanol–water partition coefficient (Wildman–Crippen LogP) is 2.18. The van der Waals surface area contributed by atoms with Crippen LogP contribution < -0.4 is 5.73 Å². The third kappa shape index (κ3) is 13.4. The summed E-state index contributed by atoms with van der Waals surface area (Å²) in [6, 6.07) is 0. The molecule has 2 N–H and O–H groups in total. The molecular weight excluding hydrogens is 270 g/mol. The molecule has 0 atom stereocenters. The van der Waals surface area contributed by atoms with Crippen LogP contribution in [0.1, 0.15) is 51.9 Å². The summed E-state index contributed by atoms with van der Waals surface area (Å²) in [7, 11) is -3.22. The van der Waals surface area contributed by atoms with E-state index in [9.17, 15) is 13.2 Å². The van der Waals surface area contributed by atoms with Gasteiger partial charge in [-0.15, -0.1) is 0 Å². The van der Waals surface area contributed by atoms with Crippen LogP contribution in [-0.2, 0) is 19.0 Å². The van der Waals surface area contributed by atoms with Gasteiger partial charge in [0, 0.05) is 0 Å². The Balaban J connectivity index is 0.000000362. The Bertz CT molecular complexity index is 336. The van der Waals surface area contributed by atoms with Gasteiger partial charge in [-0.2, -0.15) is 8.42 Å². The number of nitrogens with two attached hydrogens (primary N) is 1. The Labute approximate surface area is 115 Å². The maximum atomic E-state index is 10.7. The van der Waals surface area contributed by atoms with E-state index in [1.54, 1.807) is 0 Å². The minimum Gasteiger partial charge on any atom is -0.450 e. The highest BCUT2D eigenvalue weighted by atomic mass is 32.2. The smallest absolute Gasteiger partial charge is 0.404 e. The van der Waals surface area contributed by atoms with Gasteiger partial charge in [0.25, 0.3) is 10.1 Å². The second kappa shape index (κ2) is 10.0. The van der Waals surface area contributed by atoms with Gasteiger partial charge in [-0.25, -0.2) is 4.79 Å². The maximum Gasteiger partial charge on any atom is 0.404 e. The lowest BCUT2D eigenvalue weighted by Crippen LogP contribution is -2.20. The lowest BCUT2D eigenvalue weighted by Gasteiger charge is -2.19. The molecule has 1 amide bonds. The molecular formula is C12H25NO5S. The van der Waals surface area contributed by atoms with Crippen LogP contribution in [0.15, 0.2) is 0 Å². The van der Waals surface area contributed by atoms with Crippen molar-refractivity contribution in [1.29, 1.82) is 0 Å². The Kier molecular flexibility index (Phi) is 9.59. The molecule has 19 heavy (non-hydrogen) atoms. The van der Waals surface area contributed by atoms with Gasteiger partial charge in [0.15, 0.2) is 0 Å². The monoisotopic (exact) mass is 295 g/mol. The van der Waals surface area contributed by atoms with E-state index in [1.165, 1.54) is 6.42 Å². The number of amides is 1. The predicted molar refractivity (Wildman–Crippen MR) is 73.2 cm³/mol. The maximum absolute atomic E-state index is 10.7. The molecule has 0 spiro atoms. The zero-order valence-electron chi connectivity index (χ0n) is 11.8. The van der Waals surface area contributed by atoms with Crippen molar-refractivity contribution in [1.82, 2.24) is 0 Å². The highest BCUT2D eigenvalue weighted by Gasteiger charge is 2.17. The molecule has 0 bridgehead atoms. The number of rotatable bonds is 5. The van der Waals surface area contributed by atoms with Crippen molar-refractivity contribution >= 4 is 16.2 Å². The summed E-state index contributed by atoms with van der Waals surface area (Å²) in [5.74, 6) is 0. The van der Waals surface area contributed by atoms with E-state index in [4.69, 9.17) is 4.18 Å². The molecule has 6 nitrogen and oxygen atoms in total. The first-order valence-electron chi connectivity index (χ1n) is 6.65. The Morgan fingerprint density at radius 1 is 1.26 bits per heavy atom. The molecule has 7 heteroatoms. The summed E-state index contributed by atoms with van der Waals surface area (Å²) in [5.41, 5.74) is 4.67. The van der Waals surface area contributed by atoms with Crippen molar-refractivity contribution in [3.05, 3.63) is 0 Å². The van der Waals surface area contributed by atoms with E-state index in [1.807, 2.05) is 6.92 Å². The van der Waals surface area contributed by atoms with Gasteiger partial charge in [0.1, 0.15) is 0 Å². The van der Waals surface area contributed by atoms with Crippen LogP contribution in [0.25, 0.3) is 0 Å². The number of unbranched alkanes of at least 4 members (excludes halogenated alkanes) is 1. The summed E-state index contributed by atoms with van der Waals surface area (Å²) in [5, 5.41) is 0. The van der Waals surface area contributed by atoms with Crippen molar-refractivity contribution in [3.63, 3.8) is 0 Å². The van der Waals surface area contributed by atoms with Crippen LogP contribution in [0.4, 0.5) is 4.79 Å². The standard InChI is InChI=1S/C7H14O3S.C5H11NO2/c1-11(8,9)10-7-5-3-2-4-6-7;1-2-3-4-8-5(6)7/h7H,2-6H2,1H3;2-4H2,1H3,(H2,6,7). The molecule has 0 aromatic heterocycles. The molecule has 114 valence electrons. The quantitative estimate of drug-likeness (QED) is 0.619. The second-order valence-electron chi connectivity index (χ2n) is 4.58. The van der Waals surface area contributed by atoms with Crippen LogP contribution in [-0.4, -0.2) is 33.5 Å². The summed E-state index contributed by atoms with van der Waals surface area (Å²) >= 11 is 0. The molecule has 0 heterocycles. The Morgan fingerprint density at radius 2 is 1.84 bits per heavy atom. The number of carbonyl (C=O) groups excluding carboxylic acids is 1. The van der Waals surface area contributed by atoms with Crippen molar-refractivity contribution in [2.75, 3.05) is 12.9 Å². The van der Waals surface area contributed by atoms with E-state index in [2.05, 4.69) is 10.5 Å². The number of primary amides is 1. The van der Waals surface area contributed by atoms with Gasteiger partial charge in [0.05, 0.1) is 19.0 Å². The fraction of sp³-hybridized carbons (Fsp3) is 0.917. The SMILES string of the molecule is CCCCOC(N)=O.CS(=O)(=O)OC1CCCCC1. The van der Waals surface area contributed by atoms with E-state index < -0.39 is 16.2 Å². The van der Waals surface area contributed by atoms with Gasteiger partial charge >= 0.3 is 6.09 Å². The summed E-state index contributed by atoms with van der Waals surface area (Å²) in [6.45, 7) is 2.47. The fourth-order valence-electron chi connectivity index (χ4n) is 1.73. The van der Waals surface area contributed by atoms with Crippen molar-refractivity contribution in [2.45, 2.75) is 58.0 Å². The van der Waals surface area contributed by atoms with Gasteiger partial charge in [0.2, 0.25) is 0 Å². The Morgan fingerprint density at radius 3 is 2.26 bits per heavy atom. The number of hydrogen-bond donors (Lipinski definition) is 1. The van der Waals surface area contributed by atoms with E-state index >= 15 is 0 Å². The van der Waals surface area contributed by atoms with Crippen molar-refractivity contribution in [2.24, 2.45) is 5.73 Å². The molecule has 0 saturated heterocycles. The first-order valence-corrected chi connectivity index (χ1v) is 8.47. The third-order valence-corrected chi connectivity index (χ3v) is 3.23. The van der Waals surface area contributed by atoms with Gasteiger partial charge in [-0.3, -0.25) is 4.18 Å². The average molecular weight is 295 g/mol. The summed E-state index contributed by atoms with van der Waals surface area (Å²) < 4.78 is 30.6. The lowest BCUT2D eigenvalue weighted by atomic mass is 9.98. The number of hydrogen-bond acceptors (Lipinski definition) is 5. The van der Waals surface area contributed by atoms with E-state index in [0.29, 0.717) is 6.61 Å². The first-order chi connectivity index (χ1) is 8.85. The number of carbonyl (C=O) groups is 1. The zero-order valence-corrected chi connectivity index (χ0v) is 12.6. The van der Waals surface area contributed by atoms with Crippen molar-refractivity contribution in [3.8, 4) is 0 Å². The molecule has 0 aliphatic heterocycles. The average Bonchev–Trinajstić information content (AvgIpc) is 2.29. The van der Waals surface area contributed by atoms with Crippen LogP contribution in [0.2, 0.25) is 0 Å². The topological polar surface area (TPSA) is 95.7 Å². The Hall–Kier alpha value is -0.820. The highest BCUT2D eigenvalue weighted by molar-refractivity contribution is 7.86. The largest absolute Gasteiger partial charge is 0.450 e. The van der Waals surface area contributed by atoms with E-state index in [-0.39, 0.29) is 6.10 Å². The minimum absolute atomic E-state index is 0.0428. The second-order valence-corrected chi connectivity index (χ2v) is 6.18. The molecule has 1 aliphatic carbocycles. The molecule has 1 rings (SSSR count). The molecule has 1 aliphatic rings. The van der Waals surface area contributed by atoms with Gasteiger partial charge in [-0.05, 0) is 19.3 Å². The van der Waals surface area contributed by atoms with Crippen LogP contribution >= 0.6 is 0 Å².